The predicted molar refractivity (Wildman–Crippen MR) is 98.4 cm³/mol. The lowest BCUT2D eigenvalue weighted by Crippen LogP contribution is -2.30. The number of aromatic amines is 1. The van der Waals surface area contributed by atoms with Gasteiger partial charge in [0.1, 0.15) is 0 Å². The molecule has 0 spiro atoms. The van der Waals surface area contributed by atoms with Crippen molar-refractivity contribution in [1.82, 2.24) is 9.88 Å². The molecule has 1 aliphatic heterocycles. The smallest absolute Gasteiger partial charge is 0.222 e. The van der Waals surface area contributed by atoms with Crippen molar-refractivity contribution < 1.29 is 9.90 Å². The molecule has 4 rings (SSSR count). The number of amides is 1. The van der Waals surface area contributed by atoms with Crippen LogP contribution in [0.2, 0.25) is 5.02 Å². The molecule has 132 valence electrons. The number of nitrogens with one attached hydrogen (secondary N) is 1. The Balaban J connectivity index is 1.32. The Kier molecular flexibility index (Phi) is 4.57. The van der Waals surface area contributed by atoms with Gasteiger partial charge in [-0.2, -0.15) is 0 Å². The fourth-order valence-electron chi connectivity index (χ4n) is 4.26. The summed E-state index contributed by atoms with van der Waals surface area (Å²) in [6, 6.07) is 11.8. The molecule has 4 nitrogen and oxygen atoms in total. The first-order valence-corrected chi connectivity index (χ1v) is 9.36. The van der Waals surface area contributed by atoms with E-state index < -0.39 is 0 Å². The molecule has 1 amide bonds. The van der Waals surface area contributed by atoms with Gasteiger partial charge in [0.2, 0.25) is 5.91 Å². The van der Waals surface area contributed by atoms with E-state index in [2.05, 4.69) is 4.98 Å². The molecule has 0 radical (unpaired) electrons. The van der Waals surface area contributed by atoms with Crippen LogP contribution in [0.1, 0.15) is 25.0 Å². The molecule has 0 bridgehead atoms. The first-order valence-electron chi connectivity index (χ1n) is 8.98. The van der Waals surface area contributed by atoms with Gasteiger partial charge in [-0.1, -0.05) is 23.7 Å². The maximum absolute atomic E-state index is 12.5. The zero-order valence-electron chi connectivity index (χ0n) is 14.1. The quantitative estimate of drug-likeness (QED) is 0.878. The van der Waals surface area contributed by atoms with Gasteiger partial charge in [-0.15, -0.1) is 0 Å². The highest BCUT2D eigenvalue weighted by Gasteiger charge is 2.41. The summed E-state index contributed by atoms with van der Waals surface area (Å²) in [5.74, 6) is 1.23. The van der Waals surface area contributed by atoms with Gasteiger partial charge in [0.15, 0.2) is 0 Å². The third-order valence-corrected chi connectivity index (χ3v) is 5.84. The molecule has 5 heteroatoms. The zero-order chi connectivity index (χ0) is 17.4. The molecule has 2 aromatic rings. The number of H-pyrrole nitrogens is 1. The lowest BCUT2D eigenvalue weighted by molar-refractivity contribution is -0.130. The summed E-state index contributed by atoms with van der Waals surface area (Å²) in [6.45, 7) is 1.64. The summed E-state index contributed by atoms with van der Waals surface area (Å²) >= 11 is 5.93. The van der Waals surface area contributed by atoms with Gasteiger partial charge in [-0.05, 0) is 60.9 Å². The topological polar surface area (TPSA) is 56.3 Å². The number of carbonyl (C=O) groups excluding carboxylic acids is 1. The second-order valence-corrected chi connectivity index (χ2v) is 7.78. The number of hydrogen-bond donors (Lipinski definition) is 2. The summed E-state index contributed by atoms with van der Waals surface area (Å²) in [4.78, 5) is 17.9. The Morgan fingerprint density at radius 3 is 2.48 bits per heavy atom. The number of likely N-dealkylation sites (tertiary alicyclic amines) is 1. The number of aromatic nitrogens is 1. The fraction of sp³-hybridized carbons (Fsp3) is 0.450. The normalized spacial score (nSPS) is 25.4. The van der Waals surface area contributed by atoms with Gasteiger partial charge >= 0.3 is 0 Å². The van der Waals surface area contributed by atoms with Crippen LogP contribution in [0.3, 0.4) is 0 Å². The Morgan fingerprint density at radius 1 is 1.12 bits per heavy atom. The maximum atomic E-state index is 12.5. The van der Waals surface area contributed by atoms with E-state index in [4.69, 9.17) is 11.6 Å². The van der Waals surface area contributed by atoms with E-state index >= 15 is 0 Å². The molecule has 2 aliphatic rings. The van der Waals surface area contributed by atoms with Gasteiger partial charge in [-0.25, -0.2) is 0 Å². The fourth-order valence-corrected chi connectivity index (χ4v) is 4.38. The average Bonchev–Trinajstić information content (AvgIpc) is 3.27. The van der Waals surface area contributed by atoms with Crippen molar-refractivity contribution >= 4 is 17.5 Å². The van der Waals surface area contributed by atoms with Gasteiger partial charge in [-0.3, -0.25) is 4.79 Å². The van der Waals surface area contributed by atoms with Crippen LogP contribution < -0.4 is 0 Å². The van der Waals surface area contributed by atoms with Gasteiger partial charge in [0.05, 0.1) is 6.10 Å². The number of halogens is 1. The van der Waals surface area contributed by atoms with Gasteiger partial charge in [0.25, 0.3) is 0 Å². The molecule has 1 aromatic heterocycles. The molecule has 25 heavy (non-hydrogen) atoms. The number of benzene rings is 1. The monoisotopic (exact) mass is 358 g/mol. The number of hydrogen-bond acceptors (Lipinski definition) is 2. The summed E-state index contributed by atoms with van der Waals surface area (Å²) in [5.41, 5.74) is 3.21. The summed E-state index contributed by atoms with van der Waals surface area (Å²) in [6.07, 6.45) is 2.81. The first-order chi connectivity index (χ1) is 12.1. The summed E-state index contributed by atoms with van der Waals surface area (Å²) in [7, 11) is 0. The lowest BCUT2D eigenvalue weighted by atomic mass is 10.0. The van der Waals surface area contributed by atoms with Crippen LogP contribution >= 0.6 is 11.6 Å². The Labute approximate surface area is 152 Å². The SMILES string of the molecule is O=C(CCc1ccc(-c2ccc(Cl)cc2)[nH]1)N1C[C@H]2CC(O)C[C@H]2C1. The standard InChI is InChI=1S/C20H23ClN2O2/c21-16-3-1-13(2-4-16)19-7-5-17(22-19)6-8-20(25)23-11-14-9-18(24)10-15(14)12-23/h1-5,7,14-15,18,22,24H,6,8-12H2/t14-,15+,18?. The molecular weight excluding hydrogens is 336 g/mol. The maximum Gasteiger partial charge on any atom is 0.222 e. The number of nitrogens with zero attached hydrogens (tertiary/aromatic N) is 1. The highest BCUT2D eigenvalue weighted by molar-refractivity contribution is 6.30. The van der Waals surface area contributed by atoms with E-state index in [0.717, 1.165) is 54.3 Å². The molecule has 1 aliphatic carbocycles. The van der Waals surface area contributed by atoms with Crippen molar-refractivity contribution in [2.45, 2.75) is 31.8 Å². The van der Waals surface area contributed by atoms with Crippen LogP contribution in [0.4, 0.5) is 0 Å². The summed E-state index contributed by atoms with van der Waals surface area (Å²) < 4.78 is 0. The summed E-state index contributed by atoms with van der Waals surface area (Å²) in [5, 5.41) is 10.4. The number of rotatable bonds is 4. The molecule has 1 aromatic carbocycles. The van der Waals surface area contributed by atoms with Crippen LogP contribution in [-0.4, -0.2) is 40.1 Å². The van der Waals surface area contributed by atoms with Crippen molar-refractivity contribution in [3.05, 3.63) is 47.1 Å². The van der Waals surface area contributed by atoms with Crippen LogP contribution in [-0.2, 0) is 11.2 Å². The zero-order valence-corrected chi connectivity index (χ0v) is 14.9. The Hall–Kier alpha value is -1.78. The number of fused-ring (bicyclic) bond motifs is 1. The third-order valence-electron chi connectivity index (χ3n) is 5.59. The highest BCUT2D eigenvalue weighted by atomic mass is 35.5. The van der Waals surface area contributed by atoms with Crippen LogP contribution in [0, 0.1) is 11.8 Å². The van der Waals surface area contributed by atoms with E-state index in [1.807, 2.05) is 41.3 Å². The first kappa shape index (κ1) is 16.7. The van der Waals surface area contributed by atoms with E-state index in [1.54, 1.807) is 0 Å². The van der Waals surface area contributed by atoms with E-state index in [0.29, 0.717) is 18.3 Å². The third kappa shape index (κ3) is 3.60. The number of aliphatic hydroxyl groups excluding tert-OH is 1. The van der Waals surface area contributed by atoms with Gasteiger partial charge < -0.3 is 15.0 Å². The molecule has 2 N–H and O–H groups in total. The van der Waals surface area contributed by atoms with Crippen LogP contribution in [0.5, 0.6) is 0 Å². The van der Waals surface area contributed by atoms with Crippen molar-refractivity contribution in [2.75, 3.05) is 13.1 Å². The van der Waals surface area contributed by atoms with E-state index in [1.165, 1.54) is 0 Å². The molecule has 1 unspecified atom stereocenters. The minimum Gasteiger partial charge on any atom is -0.393 e. The number of aliphatic hydroxyl groups is 1. The average molecular weight is 359 g/mol. The molecular formula is C20H23ClN2O2. The highest BCUT2D eigenvalue weighted by Crippen LogP contribution is 2.38. The van der Waals surface area contributed by atoms with Crippen molar-refractivity contribution in [3.8, 4) is 11.3 Å². The molecule has 2 heterocycles. The molecule has 3 atom stereocenters. The van der Waals surface area contributed by atoms with Crippen molar-refractivity contribution in [1.29, 1.82) is 0 Å². The predicted octanol–water partition coefficient (Wildman–Crippen LogP) is 3.50. The Bertz CT molecular complexity index is 741. The molecule has 2 fully saturated rings. The second-order valence-electron chi connectivity index (χ2n) is 7.35. The van der Waals surface area contributed by atoms with Gasteiger partial charge in [0, 0.05) is 35.9 Å². The molecule has 1 saturated carbocycles. The second kappa shape index (κ2) is 6.85. The number of carbonyl (C=O) groups is 1. The largest absolute Gasteiger partial charge is 0.393 e. The van der Waals surface area contributed by atoms with Crippen LogP contribution in [0.25, 0.3) is 11.3 Å². The number of aryl methyl sites for hydroxylation is 1. The lowest BCUT2D eigenvalue weighted by Gasteiger charge is -2.18. The molecule has 1 saturated heterocycles. The van der Waals surface area contributed by atoms with Crippen molar-refractivity contribution in [2.24, 2.45) is 11.8 Å². The van der Waals surface area contributed by atoms with E-state index in [9.17, 15) is 9.90 Å². The Morgan fingerprint density at radius 2 is 1.80 bits per heavy atom. The van der Waals surface area contributed by atoms with E-state index in [-0.39, 0.29) is 12.0 Å². The van der Waals surface area contributed by atoms with Crippen molar-refractivity contribution in [3.63, 3.8) is 0 Å². The minimum absolute atomic E-state index is 0.155. The minimum atomic E-state index is -0.155. The van der Waals surface area contributed by atoms with Crippen LogP contribution in [0.15, 0.2) is 36.4 Å².